The highest BCUT2D eigenvalue weighted by Crippen LogP contribution is 2.23. The van der Waals surface area contributed by atoms with Crippen LogP contribution in [-0.2, 0) is 10.2 Å². The molecule has 1 aromatic rings. The molecule has 1 amide bonds. The summed E-state index contributed by atoms with van der Waals surface area (Å²) in [6.07, 6.45) is 0. The molecule has 1 aliphatic heterocycles. The standard InChI is InChI=1S/C17H24N2O3/c1-17(2,3)13-7-5-12(6-8-13)15(20)19-10-9-18(4)14(11-19)16(21)22/h5-8,14H,9-11H2,1-4H3,(H,21,22). The summed E-state index contributed by atoms with van der Waals surface area (Å²) in [5.74, 6) is -0.983. The van der Waals surface area contributed by atoms with Crippen molar-refractivity contribution >= 4 is 11.9 Å². The Balaban J connectivity index is 2.13. The Hall–Kier alpha value is -1.88. The van der Waals surface area contributed by atoms with Gasteiger partial charge in [-0.1, -0.05) is 32.9 Å². The summed E-state index contributed by atoms with van der Waals surface area (Å²) in [5.41, 5.74) is 1.83. The number of rotatable bonds is 2. The van der Waals surface area contributed by atoms with E-state index in [1.165, 1.54) is 5.56 Å². The van der Waals surface area contributed by atoms with Crippen molar-refractivity contribution in [1.29, 1.82) is 0 Å². The van der Waals surface area contributed by atoms with E-state index >= 15 is 0 Å². The molecule has 1 heterocycles. The van der Waals surface area contributed by atoms with E-state index in [-0.39, 0.29) is 17.9 Å². The Morgan fingerprint density at radius 3 is 2.23 bits per heavy atom. The zero-order valence-electron chi connectivity index (χ0n) is 13.7. The Bertz CT molecular complexity index is 560. The first-order chi connectivity index (χ1) is 10.2. The number of aliphatic carboxylic acids is 1. The quantitative estimate of drug-likeness (QED) is 0.905. The van der Waals surface area contributed by atoms with Gasteiger partial charge in [0.15, 0.2) is 0 Å². The van der Waals surface area contributed by atoms with Crippen molar-refractivity contribution in [2.45, 2.75) is 32.2 Å². The maximum atomic E-state index is 12.6. The molecule has 1 atom stereocenters. The van der Waals surface area contributed by atoms with Gasteiger partial charge in [0.2, 0.25) is 0 Å². The summed E-state index contributed by atoms with van der Waals surface area (Å²) < 4.78 is 0. The maximum absolute atomic E-state index is 12.6. The van der Waals surface area contributed by atoms with Crippen molar-refractivity contribution in [3.8, 4) is 0 Å². The van der Waals surface area contributed by atoms with Crippen LogP contribution >= 0.6 is 0 Å². The summed E-state index contributed by atoms with van der Waals surface area (Å²) in [6.45, 7) is 7.74. The smallest absolute Gasteiger partial charge is 0.322 e. The lowest BCUT2D eigenvalue weighted by molar-refractivity contribution is -0.144. The topological polar surface area (TPSA) is 60.9 Å². The molecule has 0 aliphatic carbocycles. The van der Waals surface area contributed by atoms with Crippen LogP contribution in [0.25, 0.3) is 0 Å². The Morgan fingerprint density at radius 2 is 1.73 bits per heavy atom. The van der Waals surface area contributed by atoms with E-state index in [1.807, 2.05) is 24.3 Å². The van der Waals surface area contributed by atoms with Crippen molar-refractivity contribution in [3.05, 3.63) is 35.4 Å². The van der Waals surface area contributed by atoms with Gasteiger partial charge in [-0.25, -0.2) is 0 Å². The molecule has 1 aromatic carbocycles. The first-order valence-corrected chi connectivity index (χ1v) is 7.53. The minimum absolute atomic E-state index is 0.0455. The molecule has 1 aliphatic rings. The fourth-order valence-electron chi connectivity index (χ4n) is 2.62. The number of amides is 1. The monoisotopic (exact) mass is 304 g/mol. The summed E-state index contributed by atoms with van der Waals surface area (Å²) in [5, 5.41) is 9.23. The normalized spacial score (nSPS) is 20.0. The highest BCUT2D eigenvalue weighted by molar-refractivity contribution is 5.94. The van der Waals surface area contributed by atoms with Gasteiger partial charge in [0.05, 0.1) is 0 Å². The Morgan fingerprint density at radius 1 is 1.14 bits per heavy atom. The zero-order chi connectivity index (χ0) is 16.5. The van der Waals surface area contributed by atoms with Crippen LogP contribution in [0, 0.1) is 0 Å². The summed E-state index contributed by atoms with van der Waals surface area (Å²) >= 11 is 0. The number of piperazine rings is 1. The molecular formula is C17H24N2O3. The number of carboxylic acid groups (broad SMARTS) is 1. The molecule has 1 saturated heterocycles. The van der Waals surface area contributed by atoms with E-state index < -0.39 is 12.0 Å². The van der Waals surface area contributed by atoms with Crippen LogP contribution in [0.4, 0.5) is 0 Å². The van der Waals surface area contributed by atoms with Gasteiger partial charge >= 0.3 is 5.97 Å². The predicted molar refractivity (Wildman–Crippen MR) is 85.1 cm³/mol. The number of nitrogens with zero attached hydrogens (tertiary/aromatic N) is 2. The number of carboxylic acids is 1. The molecule has 1 N–H and O–H groups in total. The number of carbonyl (C=O) groups is 2. The summed E-state index contributed by atoms with van der Waals surface area (Å²) in [6, 6.07) is 6.97. The molecule has 1 unspecified atom stereocenters. The van der Waals surface area contributed by atoms with Crippen molar-refractivity contribution in [2.24, 2.45) is 0 Å². The number of carbonyl (C=O) groups excluding carboxylic acids is 1. The van der Waals surface area contributed by atoms with Crippen molar-refractivity contribution in [2.75, 3.05) is 26.7 Å². The molecule has 120 valence electrons. The minimum atomic E-state index is -0.886. The lowest BCUT2D eigenvalue weighted by Gasteiger charge is -2.37. The first-order valence-electron chi connectivity index (χ1n) is 7.53. The second-order valence-corrected chi connectivity index (χ2v) is 6.91. The molecule has 0 radical (unpaired) electrons. The van der Waals surface area contributed by atoms with Gasteiger partial charge in [-0.2, -0.15) is 0 Å². The average Bonchev–Trinajstić information content (AvgIpc) is 2.46. The Labute approximate surface area is 131 Å². The third-order valence-electron chi connectivity index (χ3n) is 4.22. The van der Waals surface area contributed by atoms with Gasteiger partial charge in [-0.15, -0.1) is 0 Å². The first kappa shape index (κ1) is 16.5. The van der Waals surface area contributed by atoms with E-state index in [4.69, 9.17) is 0 Å². The molecule has 22 heavy (non-hydrogen) atoms. The third-order valence-corrected chi connectivity index (χ3v) is 4.22. The summed E-state index contributed by atoms with van der Waals surface area (Å²) in [7, 11) is 1.78. The zero-order valence-corrected chi connectivity index (χ0v) is 13.7. The molecule has 2 rings (SSSR count). The second kappa shape index (κ2) is 6.08. The molecule has 0 bridgehead atoms. The third kappa shape index (κ3) is 3.47. The SMILES string of the molecule is CN1CCN(C(=O)c2ccc(C(C)(C)C)cc2)CC1C(=O)O. The number of hydrogen-bond donors (Lipinski definition) is 1. The van der Waals surface area contributed by atoms with Crippen molar-refractivity contribution in [3.63, 3.8) is 0 Å². The van der Waals surface area contributed by atoms with Crippen LogP contribution in [-0.4, -0.2) is 59.5 Å². The van der Waals surface area contributed by atoms with Gasteiger partial charge in [-0.05, 0) is 30.2 Å². The minimum Gasteiger partial charge on any atom is -0.480 e. The predicted octanol–water partition coefficient (Wildman–Crippen LogP) is 1.82. The molecule has 0 spiro atoms. The molecule has 5 heteroatoms. The molecule has 0 saturated carbocycles. The number of hydrogen-bond acceptors (Lipinski definition) is 3. The maximum Gasteiger partial charge on any atom is 0.322 e. The average molecular weight is 304 g/mol. The van der Waals surface area contributed by atoms with Crippen LogP contribution in [0.15, 0.2) is 24.3 Å². The van der Waals surface area contributed by atoms with Crippen LogP contribution in [0.3, 0.4) is 0 Å². The van der Waals surface area contributed by atoms with Gasteiger partial charge in [-0.3, -0.25) is 14.5 Å². The molecule has 0 aromatic heterocycles. The van der Waals surface area contributed by atoms with E-state index in [1.54, 1.807) is 16.8 Å². The van der Waals surface area contributed by atoms with Gasteiger partial charge in [0, 0.05) is 25.2 Å². The van der Waals surface area contributed by atoms with E-state index in [2.05, 4.69) is 20.8 Å². The molecule has 1 fully saturated rings. The van der Waals surface area contributed by atoms with Crippen LogP contribution in [0.1, 0.15) is 36.7 Å². The molecule has 5 nitrogen and oxygen atoms in total. The highest BCUT2D eigenvalue weighted by Gasteiger charge is 2.32. The number of likely N-dealkylation sites (N-methyl/N-ethyl adjacent to an activating group) is 1. The lowest BCUT2D eigenvalue weighted by Crippen LogP contribution is -2.56. The fraction of sp³-hybridized carbons (Fsp3) is 0.529. The molecular weight excluding hydrogens is 280 g/mol. The van der Waals surface area contributed by atoms with Crippen molar-refractivity contribution < 1.29 is 14.7 Å². The number of benzene rings is 1. The van der Waals surface area contributed by atoms with Crippen LogP contribution in [0.2, 0.25) is 0 Å². The van der Waals surface area contributed by atoms with E-state index in [9.17, 15) is 14.7 Å². The Kier molecular flexibility index (Phi) is 4.56. The van der Waals surface area contributed by atoms with E-state index in [0.29, 0.717) is 18.7 Å². The van der Waals surface area contributed by atoms with Crippen LogP contribution < -0.4 is 0 Å². The highest BCUT2D eigenvalue weighted by atomic mass is 16.4. The summed E-state index contributed by atoms with van der Waals surface area (Å²) in [4.78, 5) is 27.2. The van der Waals surface area contributed by atoms with Crippen molar-refractivity contribution in [1.82, 2.24) is 9.80 Å². The van der Waals surface area contributed by atoms with Gasteiger partial charge in [0.25, 0.3) is 5.91 Å². The van der Waals surface area contributed by atoms with Gasteiger partial charge in [0.1, 0.15) is 6.04 Å². The lowest BCUT2D eigenvalue weighted by atomic mass is 9.86. The largest absolute Gasteiger partial charge is 0.480 e. The van der Waals surface area contributed by atoms with Gasteiger partial charge < -0.3 is 10.0 Å². The fourth-order valence-corrected chi connectivity index (χ4v) is 2.62. The van der Waals surface area contributed by atoms with Crippen LogP contribution in [0.5, 0.6) is 0 Å². The van der Waals surface area contributed by atoms with E-state index in [0.717, 1.165) is 0 Å². The second-order valence-electron chi connectivity index (χ2n) is 6.91.